The molecule has 68 heavy (non-hydrogen) atoms. The van der Waals surface area contributed by atoms with Crippen molar-refractivity contribution >= 4 is 28.6 Å². The molecule has 2 aromatic heterocycles. The van der Waals surface area contributed by atoms with Gasteiger partial charge in [-0.2, -0.15) is 20.4 Å². The first-order chi connectivity index (χ1) is 32.5. The van der Waals surface area contributed by atoms with Crippen molar-refractivity contribution in [2.75, 3.05) is 39.4 Å². The van der Waals surface area contributed by atoms with Crippen molar-refractivity contribution in [3.63, 3.8) is 0 Å². The fraction of sp³-hybridized carbons (Fsp3) is 0.481. The second-order valence-corrected chi connectivity index (χ2v) is 20.8. The summed E-state index contributed by atoms with van der Waals surface area (Å²) in [6, 6.07) is 22.0. The summed E-state index contributed by atoms with van der Waals surface area (Å²) in [6.07, 6.45) is 4.08. The monoisotopic (exact) mass is 974 g/mol. The van der Waals surface area contributed by atoms with Gasteiger partial charge in [0.2, 0.25) is 0 Å². The molecular weight excluding hydrogens is 920 g/mol. The van der Waals surface area contributed by atoms with E-state index in [4.69, 9.17) is 32.7 Å². The highest BCUT2D eigenvalue weighted by Crippen LogP contribution is 2.70. The van der Waals surface area contributed by atoms with Gasteiger partial charge >= 0.3 is 5.43 Å². The van der Waals surface area contributed by atoms with E-state index in [2.05, 4.69) is 87.3 Å². The quantitative estimate of drug-likeness (QED) is 0.0961. The normalized spacial score (nSPS) is 27.5. The summed E-state index contributed by atoms with van der Waals surface area (Å²) in [4.78, 5) is 12.2. The lowest BCUT2D eigenvalue weighted by atomic mass is 9.64. The summed E-state index contributed by atoms with van der Waals surface area (Å²) in [6.45, 7) is 16.3. The first-order valence-corrected chi connectivity index (χ1v) is 24.2. The van der Waals surface area contributed by atoms with Crippen LogP contribution in [0.25, 0.3) is 22.5 Å². The summed E-state index contributed by atoms with van der Waals surface area (Å²) in [5, 5.41) is 21.3. The van der Waals surface area contributed by atoms with Gasteiger partial charge in [0.05, 0.1) is 59.3 Å². The van der Waals surface area contributed by atoms with Crippen LogP contribution in [0, 0.1) is 34.1 Å². The van der Waals surface area contributed by atoms with Crippen LogP contribution in [0.15, 0.2) is 78.9 Å². The van der Waals surface area contributed by atoms with E-state index in [9.17, 15) is 22.4 Å². The minimum atomic E-state index is -0.873. The molecular formula is C52H56Cl2F4N6O4. The number of carbonyl (C=O) groups is 1. The molecule has 1 N–H and O–H groups in total. The fourth-order valence-electron chi connectivity index (χ4n) is 12.9. The largest absolute Gasteiger partial charge is 0.434 e. The molecule has 6 aliphatic rings. The van der Waals surface area contributed by atoms with Crippen molar-refractivity contribution in [2.45, 2.75) is 107 Å². The predicted octanol–water partition coefficient (Wildman–Crippen LogP) is 11.0. The molecule has 0 spiro atoms. The summed E-state index contributed by atoms with van der Waals surface area (Å²) >= 11 is 9.87. The van der Waals surface area contributed by atoms with Crippen molar-refractivity contribution in [3.8, 4) is 22.5 Å². The molecule has 2 aliphatic heterocycles. The molecule has 7 atom stereocenters. The molecule has 1 unspecified atom stereocenters. The number of halogens is 6. The lowest BCUT2D eigenvalue weighted by Crippen LogP contribution is -2.56. The molecule has 16 heteroatoms. The van der Waals surface area contributed by atoms with Crippen LogP contribution < -0.4 is 5.32 Å². The molecule has 10 nitrogen and oxygen atoms in total. The van der Waals surface area contributed by atoms with Crippen molar-refractivity contribution in [2.24, 2.45) is 10.8 Å². The standard InChI is InChI=1S/C28H29F2N3O.C21H23F2N3O.C3H4Cl2O2/c1-27(2)20-11-12-28(27,24-17-33(13-14-34-24)16-18-7-4-3-5-8-18)26-19(20)15-23(31-32-26)25-21(29)9-6-10-22(25)30;1-20(2)13-6-7-21(20,17-11-24-8-9-27-17)19-12(13)10-16(25-26-19)18-14(22)4-3-5-15(18)23;1-2(4)7-3(5)6/h3-10,15,20,24H,11-14,16-17H2,1-2H3;3-5,10,13,17,24H,6-9,11H2,1-2H3;2H,1H3/t20-,24+,28-;13-,17+,21-;/m00./s1. The maximum atomic E-state index is 14.5. The zero-order valence-corrected chi connectivity index (χ0v) is 40.3. The highest BCUT2D eigenvalue weighted by Gasteiger charge is 2.68. The fourth-order valence-corrected chi connectivity index (χ4v) is 13.1. The third-order valence-corrected chi connectivity index (χ3v) is 16.2. The maximum Gasteiger partial charge on any atom is 0.405 e. The number of carbonyl (C=O) groups excluding carboxylic acids is 1. The Morgan fingerprint density at radius 2 is 1.25 bits per heavy atom. The minimum Gasteiger partial charge on any atom is -0.434 e. The molecule has 3 aromatic carbocycles. The van der Waals surface area contributed by atoms with E-state index in [1.165, 1.54) is 48.9 Å². The Balaban J connectivity index is 0.000000152. The number of ether oxygens (including phenoxy) is 3. The van der Waals surface area contributed by atoms with Gasteiger partial charge in [0.15, 0.2) is 5.56 Å². The van der Waals surface area contributed by atoms with E-state index < -0.39 is 34.3 Å². The molecule has 2 saturated carbocycles. The Morgan fingerprint density at radius 1 is 0.750 bits per heavy atom. The number of aromatic nitrogens is 4. The highest BCUT2D eigenvalue weighted by molar-refractivity contribution is 6.61. The Labute approximate surface area is 404 Å². The van der Waals surface area contributed by atoms with Crippen LogP contribution in [0.1, 0.15) is 100 Å². The van der Waals surface area contributed by atoms with E-state index in [0.29, 0.717) is 19.1 Å². The molecule has 4 heterocycles. The van der Waals surface area contributed by atoms with E-state index in [0.717, 1.165) is 80.9 Å². The number of nitrogens with one attached hydrogen (secondary N) is 1. The van der Waals surface area contributed by atoms with Crippen LogP contribution >= 0.6 is 23.2 Å². The molecule has 4 aliphatic carbocycles. The topological polar surface area (TPSA) is 112 Å². The van der Waals surface area contributed by atoms with Gasteiger partial charge in [0, 0.05) is 55.2 Å². The van der Waals surface area contributed by atoms with Crippen molar-refractivity contribution in [1.82, 2.24) is 30.6 Å². The molecule has 4 bridgehead atoms. The zero-order valence-electron chi connectivity index (χ0n) is 38.8. The van der Waals surface area contributed by atoms with Gasteiger partial charge in [-0.05, 0) is 108 Å². The molecule has 2 saturated heterocycles. The summed E-state index contributed by atoms with van der Waals surface area (Å²) < 4.78 is 74.3. The number of rotatable bonds is 7. The molecule has 11 rings (SSSR count). The maximum absolute atomic E-state index is 14.5. The second-order valence-electron chi connectivity index (χ2n) is 19.9. The van der Waals surface area contributed by atoms with Crippen LogP contribution in [0.5, 0.6) is 0 Å². The lowest BCUT2D eigenvalue weighted by molar-refractivity contribution is -0.0941. The lowest BCUT2D eigenvalue weighted by Gasteiger charge is -2.47. The molecule has 4 fully saturated rings. The van der Waals surface area contributed by atoms with Crippen LogP contribution in [-0.4, -0.2) is 87.9 Å². The minimum absolute atomic E-state index is 0.00319. The highest BCUT2D eigenvalue weighted by atomic mass is 35.5. The Bertz CT molecular complexity index is 2630. The predicted molar refractivity (Wildman–Crippen MR) is 251 cm³/mol. The smallest absolute Gasteiger partial charge is 0.405 e. The average Bonchev–Trinajstić information content (AvgIpc) is 3.88. The van der Waals surface area contributed by atoms with Crippen LogP contribution in [0.3, 0.4) is 0 Å². The van der Waals surface area contributed by atoms with Crippen LogP contribution in [-0.2, 0) is 31.6 Å². The third kappa shape index (κ3) is 8.20. The molecule has 0 radical (unpaired) electrons. The zero-order chi connectivity index (χ0) is 48.2. The van der Waals surface area contributed by atoms with Gasteiger partial charge in [-0.15, -0.1) is 0 Å². The molecule has 0 amide bonds. The number of hydrogen-bond acceptors (Lipinski definition) is 10. The van der Waals surface area contributed by atoms with E-state index in [1.807, 2.05) is 18.2 Å². The Morgan fingerprint density at radius 3 is 1.71 bits per heavy atom. The van der Waals surface area contributed by atoms with Crippen molar-refractivity contribution < 1.29 is 36.6 Å². The Kier molecular flexibility index (Phi) is 13.5. The van der Waals surface area contributed by atoms with Gasteiger partial charge in [-0.25, -0.2) is 22.4 Å². The van der Waals surface area contributed by atoms with Gasteiger partial charge in [0.1, 0.15) is 23.3 Å². The summed E-state index contributed by atoms with van der Waals surface area (Å²) in [5.41, 5.74) is 3.60. The van der Waals surface area contributed by atoms with Gasteiger partial charge < -0.3 is 19.5 Å². The van der Waals surface area contributed by atoms with Gasteiger partial charge in [-0.1, -0.05) is 81.8 Å². The van der Waals surface area contributed by atoms with Gasteiger partial charge in [-0.3, -0.25) is 4.90 Å². The summed E-state index contributed by atoms with van der Waals surface area (Å²) in [7, 11) is 0. The Hall–Kier alpha value is -4.57. The number of fused-ring (bicyclic) bond motifs is 10. The number of morpholine rings is 2. The van der Waals surface area contributed by atoms with E-state index in [-0.39, 0.29) is 62.3 Å². The number of alkyl halides is 1. The SMILES string of the molecule is CC(Cl)OC(=O)Cl.CC1(C)[C@H]2CC[C@]1([C@H]1CN(Cc3ccccc3)CCO1)c1nnc(-c3c(F)cccc3F)cc12.CC1(C)[C@H]2CC[C@]1([C@H]1CNCCO1)c1nnc(-c3c(F)cccc3F)cc12. The van der Waals surface area contributed by atoms with Crippen LogP contribution in [0.4, 0.5) is 22.4 Å². The second kappa shape index (κ2) is 19.0. The molecule has 360 valence electrons. The average molecular weight is 976 g/mol. The van der Waals surface area contributed by atoms with Crippen molar-refractivity contribution in [3.05, 3.63) is 130 Å². The third-order valence-electron chi connectivity index (χ3n) is 16.1. The molecule has 5 aromatic rings. The number of hydrogen-bond donors (Lipinski definition) is 1. The number of benzene rings is 3. The van der Waals surface area contributed by atoms with E-state index >= 15 is 0 Å². The summed E-state index contributed by atoms with van der Waals surface area (Å²) in [5.74, 6) is -1.89. The first-order valence-electron chi connectivity index (χ1n) is 23.4. The first kappa shape index (κ1) is 48.5. The van der Waals surface area contributed by atoms with Gasteiger partial charge in [0.25, 0.3) is 0 Å². The van der Waals surface area contributed by atoms with Crippen molar-refractivity contribution in [1.29, 1.82) is 0 Å². The number of nitrogens with zero attached hydrogens (tertiary/aromatic N) is 5. The van der Waals surface area contributed by atoms with E-state index in [1.54, 1.807) is 0 Å². The van der Waals surface area contributed by atoms with Crippen LogP contribution in [0.2, 0.25) is 0 Å².